The van der Waals surface area contributed by atoms with Gasteiger partial charge in [0.25, 0.3) is 0 Å². The summed E-state index contributed by atoms with van der Waals surface area (Å²) >= 11 is 0. The average molecular weight is 342 g/mol. The Kier molecular flexibility index (Phi) is 4.27. The van der Waals surface area contributed by atoms with Gasteiger partial charge < -0.3 is 0 Å². The third kappa shape index (κ3) is 3.05. The fraction of sp³-hybridized carbons (Fsp3) is 0.526. The highest BCUT2D eigenvalue weighted by Gasteiger charge is 2.46. The van der Waals surface area contributed by atoms with E-state index in [0.717, 1.165) is 37.7 Å². The van der Waals surface area contributed by atoms with Crippen LogP contribution in [-0.4, -0.2) is 20.7 Å². The molecule has 1 amide bonds. The molecule has 1 N–H and O–H groups in total. The summed E-state index contributed by atoms with van der Waals surface area (Å²) in [4.78, 5) is 17.2. The van der Waals surface area contributed by atoms with Gasteiger partial charge in [0.05, 0.1) is 11.5 Å². The third-order valence-corrected chi connectivity index (χ3v) is 5.70. The van der Waals surface area contributed by atoms with E-state index in [1.807, 2.05) is 10.7 Å². The first kappa shape index (κ1) is 16.2. The fourth-order valence-corrected chi connectivity index (χ4v) is 4.04. The number of aromatic nitrogens is 3. The van der Waals surface area contributed by atoms with Crippen molar-refractivity contribution in [2.24, 2.45) is 0 Å². The summed E-state index contributed by atoms with van der Waals surface area (Å²) in [5, 5.41) is 7.31. The quantitative estimate of drug-likeness (QED) is 0.914. The van der Waals surface area contributed by atoms with Crippen LogP contribution in [0.5, 0.6) is 0 Å². The number of rotatable bonds is 4. The number of carbonyl (C=O) groups is 1. The molecule has 0 spiro atoms. The molecular weight excluding hydrogens is 319 g/mol. The van der Waals surface area contributed by atoms with E-state index in [0.29, 0.717) is 12.0 Å². The predicted octanol–water partition coefficient (Wildman–Crippen LogP) is 3.98. The lowest BCUT2D eigenvalue weighted by molar-refractivity contribution is -0.124. The summed E-state index contributed by atoms with van der Waals surface area (Å²) in [5.74, 6) is -0.0970. The predicted molar refractivity (Wildman–Crippen MR) is 92.7 cm³/mol. The molecule has 132 valence electrons. The molecule has 0 aliphatic heterocycles. The van der Waals surface area contributed by atoms with Gasteiger partial charge in [0, 0.05) is 0 Å². The molecule has 1 heterocycles. The number of benzene rings is 1. The molecule has 5 nitrogen and oxygen atoms in total. The van der Waals surface area contributed by atoms with Gasteiger partial charge in [-0.05, 0) is 43.4 Å². The molecule has 1 aromatic carbocycles. The largest absolute Gasteiger partial charge is 0.292 e. The van der Waals surface area contributed by atoms with Crippen molar-refractivity contribution in [1.82, 2.24) is 14.8 Å². The molecule has 6 heteroatoms. The number of halogens is 1. The summed E-state index contributed by atoms with van der Waals surface area (Å²) < 4.78 is 15.5. The second kappa shape index (κ2) is 6.58. The molecule has 1 aromatic heterocycles. The number of anilines is 1. The smallest absolute Gasteiger partial charge is 0.248 e. The summed E-state index contributed by atoms with van der Waals surface area (Å²) in [6.07, 6.45) is 10.1. The van der Waals surface area contributed by atoms with Gasteiger partial charge in [-0.2, -0.15) is 0 Å². The van der Waals surface area contributed by atoms with E-state index in [9.17, 15) is 9.18 Å². The van der Waals surface area contributed by atoms with Gasteiger partial charge in [-0.1, -0.05) is 37.8 Å². The fourth-order valence-electron chi connectivity index (χ4n) is 4.04. The highest BCUT2D eigenvalue weighted by molar-refractivity contribution is 5.98. The normalized spacial score (nSPS) is 20.0. The molecule has 25 heavy (non-hydrogen) atoms. The van der Waals surface area contributed by atoms with Gasteiger partial charge in [-0.15, -0.1) is 5.10 Å². The zero-order chi connectivity index (χ0) is 17.3. The molecule has 0 radical (unpaired) electrons. The Balaban J connectivity index is 1.50. The van der Waals surface area contributed by atoms with Crippen LogP contribution in [0.25, 0.3) is 0 Å². The van der Waals surface area contributed by atoms with Crippen molar-refractivity contribution in [2.75, 3.05) is 5.32 Å². The van der Waals surface area contributed by atoms with Crippen molar-refractivity contribution >= 4 is 11.9 Å². The number of amides is 1. The van der Waals surface area contributed by atoms with Gasteiger partial charge in [0.2, 0.25) is 11.9 Å². The second-order valence-electron chi connectivity index (χ2n) is 7.24. The summed E-state index contributed by atoms with van der Waals surface area (Å²) in [6, 6.07) is 6.74. The molecule has 0 atom stereocenters. The van der Waals surface area contributed by atoms with Crippen LogP contribution in [0.2, 0.25) is 0 Å². The van der Waals surface area contributed by atoms with Crippen LogP contribution in [0.1, 0.15) is 63.0 Å². The summed E-state index contributed by atoms with van der Waals surface area (Å²) in [7, 11) is 0. The molecule has 4 rings (SSSR count). The van der Waals surface area contributed by atoms with Crippen LogP contribution in [0, 0.1) is 5.82 Å². The van der Waals surface area contributed by atoms with E-state index >= 15 is 0 Å². The summed E-state index contributed by atoms with van der Waals surface area (Å²) in [5.41, 5.74) is 0.0845. The van der Waals surface area contributed by atoms with Crippen LogP contribution < -0.4 is 5.32 Å². The number of hydrogen-bond acceptors (Lipinski definition) is 3. The molecule has 0 unspecified atom stereocenters. The number of nitrogens with one attached hydrogen (secondary N) is 1. The zero-order valence-corrected chi connectivity index (χ0v) is 14.2. The minimum atomic E-state index is -0.654. The number of hydrogen-bond donors (Lipinski definition) is 1. The second-order valence-corrected chi connectivity index (χ2v) is 7.24. The molecule has 2 aliphatic rings. The van der Waals surface area contributed by atoms with Crippen LogP contribution >= 0.6 is 0 Å². The highest BCUT2D eigenvalue weighted by Crippen LogP contribution is 2.44. The SMILES string of the molecule is O=C(Nc1ncn(C2CCCCC2)n1)C1(c2cccc(F)c2)CCC1. The molecular formula is C19H23FN4O. The Labute approximate surface area is 146 Å². The van der Waals surface area contributed by atoms with E-state index in [1.54, 1.807) is 12.4 Å². The maximum Gasteiger partial charge on any atom is 0.248 e. The van der Waals surface area contributed by atoms with Crippen molar-refractivity contribution in [3.8, 4) is 0 Å². The van der Waals surface area contributed by atoms with E-state index in [4.69, 9.17) is 0 Å². The summed E-state index contributed by atoms with van der Waals surface area (Å²) in [6.45, 7) is 0. The Morgan fingerprint density at radius 3 is 2.68 bits per heavy atom. The highest BCUT2D eigenvalue weighted by atomic mass is 19.1. The lowest BCUT2D eigenvalue weighted by atomic mass is 9.64. The lowest BCUT2D eigenvalue weighted by Gasteiger charge is -2.40. The minimum absolute atomic E-state index is 0.134. The van der Waals surface area contributed by atoms with Gasteiger partial charge in [0.1, 0.15) is 12.1 Å². The van der Waals surface area contributed by atoms with E-state index in [2.05, 4.69) is 15.4 Å². The Bertz CT molecular complexity index is 762. The molecule has 2 saturated carbocycles. The molecule has 2 aromatic rings. The Hall–Kier alpha value is -2.24. The maximum atomic E-state index is 13.6. The van der Waals surface area contributed by atoms with Crippen LogP contribution in [0.3, 0.4) is 0 Å². The van der Waals surface area contributed by atoms with Crippen LogP contribution in [0.15, 0.2) is 30.6 Å². The topological polar surface area (TPSA) is 59.8 Å². The lowest BCUT2D eigenvalue weighted by Crippen LogP contribution is -2.46. The number of nitrogens with zero attached hydrogens (tertiary/aromatic N) is 3. The van der Waals surface area contributed by atoms with Crippen molar-refractivity contribution < 1.29 is 9.18 Å². The Morgan fingerprint density at radius 1 is 1.20 bits per heavy atom. The average Bonchev–Trinajstić information content (AvgIpc) is 3.03. The van der Waals surface area contributed by atoms with Crippen LogP contribution in [0.4, 0.5) is 10.3 Å². The van der Waals surface area contributed by atoms with E-state index < -0.39 is 5.41 Å². The third-order valence-electron chi connectivity index (χ3n) is 5.70. The molecule has 2 fully saturated rings. The van der Waals surface area contributed by atoms with Gasteiger partial charge >= 0.3 is 0 Å². The van der Waals surface area contributed by atoms with Crippen LogP contribution in [-0.2, 0) is 10.2 Å². The minimum Gasteiger partial charge on any atom is -0.292 e. The first-order valence-corrected chi connectivity index (χ1v) is 9.16. The van der Waals surface area contributed by atoms with Crippen molar-refractivity contribution in [2.45, 2.75) is 62.8 Å². The zero-order valence-electron chi connectivity index (χ0n) is 14.2. The molecule has 0 saturated heterocycles. The first-order chi connectivity index (χ1) is 12.2. The van der Waals surface area contributed by atoms with Gasteiger partial charge in [-0.25, -0.2) is 14.1 Å². The standard InChI is InChI=1S/C19H23FN4O/c20-15-7-4-6-14(12-15)19(10-5-11-19)17(25)22-18-21-13-24(23-18)16-8-2-1-3-9-16/h4,6-7,12-13,16H,1-3,5,8-11H2,(H,22,23,25). The Morgan fingerprint density at radius 2 is 2.00 bits per heavy atom. The van der Waals surface area contributed by atoms with Gasteiger partial charge in [-0.3, -0.25) is 10.1 Å². The van der Waals surface area contributed by atoms with Gasteiger partial charge in [0.15, 0.2) is 0 Å². The maximum absolute atomic E-state index is 13.6. The van der Waals surface area contributed by atoms with E-state index in [1.165, 1.54) is 31.4 Å². The van der Waals surface area contributed by atoms with Crippen molar-refractivity contribution in [3.05, 3.63) is 42.0 Å². The monoisotopic (exact) mass is 342 g/mol. The first-order valence-electron chi connectivity index (χ1n) is 9.16. The van der Waals surface area contributed by atoms with E-state index in [-0.39, 0.29) is 11.7 Å². The van der Waals surface area contributed by atoms with Crippen molar-refractivity contribution in [1.29, 1.82) is 0 Å². The molecule has 0 bridgehead atoms. The molecule has 2 aliphatic carbocycles. The van der Waals surface area contributed by atoms with Crippen molar-refractivity contribution in [3.63, 3.8) is 0 Å². The number of carbonyl (C=O) groups excluding carboxylic acids is 1.